The number of thioether (sulfide) groups is 1. The van der Waals surface area contributed by atoms with Crippen molar-refractivity contribution >= 4 is 17.7 Å². The molecule has 1 aromatic rings. The Bertz CT molecular complexity index is 449. The van der Waals surface area contributed by atoms with Gasteiger partial charge in [-0.15, -0.1) is 23.3 Å². The van der Waals surface area contributed by atoms with Crippen LogP contribution in [0.25, 0.3) is 0 Å². The SMILES string of the molecule is C#CCSCCNC(=O)c1cn(C2CNC2)nn1. The summed E-state index contributed by atoms with van der Waals surface area (Å²) < 4.78 is 1.73. The molecule has 0 aromatic carbocycles. The number of hydrogen-bond donors (Lipinski definition) is 2. The first-order valence-corrected chi connectivity index (χ1v) is 6.88. The van der Waals surface area contributed by atoms with E-state index in [9.17, 15) is 4.79 Å². The molecule has 0 unspecified atom stereocenters. The zero-order chi connectivity index (χ0) is 12.8. The molecule has 2 rings (SSSR count). The number of aromatic nitrogens is 3. The number of carbonyl (C=O) groups is 1. The number of nitrogens with one attached hydrogen (secondary N) is 2. The number of rotatable bonds is 6. The molecule has 96 valence electrons. The molecule has 0 radical (unpaired) electrons. The first-order chi connectivity index (χ1) is 8.81. The van der Waals surface area contributed by atoms with E-state index in [0.29, 0.717) is 24.0 Å². The minimum atomic E-state index is -0.185. The van der Waals surface area contributed by atoms with E-state index in [-0.39, 0.29) is 5.91 Å². The molecule has 0 spiro atoms. The van der Waals surface area contributed by atoms with E-state index in [1.807, 2.05) is 0 Å². The number of hydrogen-bond acceptors (Lipinski definition) is 5. The maximum atomic E-state index is 11.7. The van der Waals surface area contributed by atoms with Gasteiger partial charge in [0.05, 0.1) is 18.0 Å². The van der Waals surface area contributed by atoms with Crippen molar-refractivity contribution in [1.82, 2.24) is 25.6 Å². The molecule has 1 aliphatic heterocycles. The summed E-state index contributed by atoms with van der Waals surface area (Å²) in [6.45, 7) is 2.35. The minimum absolute atomic E-state index is 0.185. The van der Waals surface area contributed by atoms with Gasteiger partial charge in [0, 0.05) is 25.4 Å². The monoisotopic (exact) mass is 265 g/mol. The zero-order valence-corrected chi connectivity index (χ0v) is 10.7. The molecule has 0 atom stereocenters. The van der Waals surface area contributed by atoms with Gasteiger partial charge in [-0.2, -0.15) is 0 Å². The zero-order valence-electron chi connectivity index (χ0n) is 9.93. The topological polar surface area (TPSA) is 71.8 Å². The largest absolute Gasteiger partial charge is 0.350 e. The summed E-state index contributed by atoms with van der Waals surface area (Å²) in [7, 11) is 0. The third-order valence-electron chi connectivity index (χ3n) is 2.59. The highest BCUT2D eigenvalue weighted by atomic mass is 32.2. The highest BCUT2D eigenvalue weighted by Crippen LogP contribution is 2.09. The van der Waals surface area contributed by atoms with Crippen molar-refractivity contribution in [3.8, 4) is 12.3 Å². The van der Waals surface area contributed by atoms with Gasteiger partial charge in [-0.3, -0.25) is 4.79 Å². The first-order valence-electron chi connectivity index (χ1n) is 5.73. The Morgan fingerprint density at radius 3 is 3.22 bits per heavy atom. The summed E-state index contributed by atoms with van der Waals surface area (Å²) >= 11 is 1.61. The summed E-state index contributed by atoms with van der Waals surface area (Å²) in [6, 6.07) is 0.324. The molecule has 6 nitrogen and oxygen atoms in total. The van der Waals surface area contributed by atoms with E-state index in [1.54, 1.807) is 22.6 Å². The molecule has 7 heteroatoms. The summed E-state index contributed by atoms with van der Waals surface area (Å²) in [5.41, 5.74) is 0.365. The van der Waals surface area contributed by atoms with Crippen molar-refractivity contribution in [2.75, 3.05) is 31.1 Å². The minimum Gasteiger partial charge on any atom is -0.350 e. The fraction of sp³-hybridized carbons (Fsp3) is 0.545. The second kappa shape index (κ2) is 6.42. The molecule has 0 saturated carbocycles. The van der Waals surface area contributed by atoms with Gasteiger partial charge >= 0.3 is 0 Å². The van der Waals surface area contributed by atoms with E-state index in [1.165, 1.54) is 0 Å². The van der Waals surface area contributed by atoms with Gasteiger partial charge in [-0.25, -0.2) is 4.68 Å². The van der Waals surface area contributed by atoms with Crippen LogP contribution in [0.3, 0.4) is 0 Å². The van der Waals surface area contributed by atoms with E-state index in [0.717, 1.165) is 18.8 Å². The van der Waals surface area contributed by atoms with E-state index < -0.39 is 0 Å². The Morgan fingerprint density at radius 2 is 2.56 bits per heavy atom. The quantitative estimate of drug-likeness (QED) is 0.537. The second-order valence-electron chi connectivity index (χ2n) is 3.91. The molecule has 1 aromatic heterocycles. The summed E-state index contributed by atoms with van der Waals surface area (Å²) in [6.07, 6.45) is 6.82. The van der Waals surface area contributed by atoms with Crippen molar-refractivity contribution < 1.29 is 4.79 Å². The van der Waals surface area contributed by atoms with Gasteiger partial charge in [-0.05, 0) is 0 Å². The standard InChI is InChI=1S/C11H15N5OS/c1-2-4-18-5-3-13-11(17)10-8-16(15-14-10)9-6-12-7-9/h1,8-9,12H,3-7H2,(H,13,17). The molecule has 0 aliphatic carbocycles. The van der Waals surface area contributed by atoms with Crippen LogP contribution in [0.4, 0.5) is 0 Å². The lowest BCUT2D eigenvalue weighted by Crippen LogP contribution is -2.43. The van der Waals surface area contributed by atoms with Crippen LogP contribution in [0.5, 0.6) is 0 Å². The molecule has 1 fully saturated rings. The lowest BCUT2D eigenvalue weighted by molar-refractivity contribution is 0.0951. The van der Waals surface area contributed by atoms with Gasteiger partial charge in [-0.1, -0.05) is 11.1 Å². The number of nitrogens with zero attached hydrogens (tertiary/aromatic N) is 3. The van der Waals surface area contributed by atoms with Gasteiger partial charge < -0.3 is 10.6 Å². The molecule has 2 heterocycles. The number of amides is 1. The third-order valence-corrected chi connectivity index (χ3v) is 3.46. The normalized spacial score (nSPS) is 14.8. The van der Waals surface area contributed by atoms with E-state index in [2.05, 4.69) is 26.9 Å². The maximum absolute atomic E-state index is 11.7. The highest BCUT2D eigenvalue weighted by molar-refractivity contribution is 7.99. The Hall–Kier alpha value is -1.52. The predicted molar refractivity (Wildman–Crippen MR) is 70.4 cm³/mol. The van der Waals surface area contributed by atoms with Gasteiger partial charge in [0.2, 0.25) is 0 Å². The average molecular weight is 265 g/mol. The molecule has 0 bridgehead atoms. The van der Waals surface area contributed by atoms with Crippen LogP contribution >= 0.6 is 11.8 Å². The Morgan fingerprint density at radius 1 is 1.72 bits per heavy atom. The molecule has 1 amide bonds. The molecule has 2 N–H and O–H groups in total. The van der Waals surface area contributed by atoms with E-state index in [4.69, 9.17) is 6.42 Å². The van der Waals surface area contributed by atoms with Gasteiger partial charge in [0.1, 0.15) is 0 Å². The van der Waals surface area contributed by atoms with Gasteiger partial charge in [0.15, 0.2) is 5.69 Å². The molecule has 1 saturated heterocycles. The Labute approximate surface area is 110 Å². The van der Waals surface area contributed by atoms with Crippen LogP contribution in [0.2, 0.25) is 0 Å². The van der Waals surface area contributed by atoms with Crippen molar-refractivity contribution in [3.05, 3.63) is 11.9 Å². The summed E-state index contributed by atoms with van der Waals surface area (Å²) in [4.78, 5) is 11.7. The molecular weight excluding hydrogens is 250 g/mol. The summed E-state index contributed by atoms with van der Waals surface area (Å²) in [5, 5.41) is 13.7. The van der Waals surface area contributed by atoms with E-state index >= 15 is 0 Å². The van der Waals surface area contributed by atoms with Crippen LogP contribution in [0.1, 0.15) is 16.5 Å². The average Bonchev–Trinajstić information content (AvgIpc) is 2.75. The van der Waals surface area contributed by atoms with Crippen LogP contribution in [0, 0.1) is 12.3 Å². The fourth-order valence-corrected chi connectivity index (χ4v) is 1.99. The Balaban J connectivity index is 1.74. The van der Waals surface area contributed by atoms with Crippen molar-refractivity contribution in [2.45, 2.75) is 6.04 Å². The lowest BCUT2D eigenvalue weighted by atomic mass is 10.2. The predicted octanol–water partition coefficient (Wildman–Crippen LogP) is -0.481. The van der Waals surface area contributed by atoms with Crippen molar-refractivity contribution in [3.63, 3.8) is 0 Å². The van der Waals surface area contributed by atoms with Crippen molar-refractivity contribution in [1.29, 1.82) is 0 Å². The third kappa shape index (κ3) is 3.24. The number of terminal acetylenes is 1. The van der Waals surface area contributed by atoms with Crippen LogP contribution in [-0.2, 0) is 0 Å². The Kier molecular flexibility index (Phi) is 4.61. The molecule has 18 heavy (non-hydrogen) atoms. The van der Waals surface area contributed by atoms with Crippen LogP contribution < -0.4 is 10.6 Å². The maximum Gasteiger partial charge on any atom is 0.273 e. The van der Waals surface area contributed by atoms with Crippen LogP contribution in [0.15, 0.2) is 6.20 Å². The molecule has 1 aliphatic rings. The second-order valence-corrected chi connectivity index (χ2v) is 5.01. The van der Waals surface area contributed by atoms with Crippen molar-refractivity contribution in [2.24, 2.45) is 0 Å². The number of carbonyl (C=O) groups excluding carboxylic acids is 1. The fourth-order valence-electron chi connectivity index (χ4n) is 1.48. The van der Waals surface area contributed by atoms with Crippen LogP contribution in [-0.4, -0.2) is 52.0 Å². The highest BCUT2D eigenvalue weighted by Gasteiger charge is 2.21. The summed E-state index contributed by atoms with van der Waals surface area (Å²) in [5.74, 6) is 3.82. The lowest BCUT2D eigenvalue weighted by Gasteiger charge is -2.26. The van der Waals surface area contributed by atoms with Gasteiger partial charge in [0.25, 0.3) is 5.91 Å². The molecular formula is C11H15N5OS. The first kappa shape index (κ1) is 12.9. The smallest absolute Gasteiger partial charge is 0.273 e.